The number of ketones is 1. The van der Waals surface area contributed by atoms with Gasteiger partial charge in [0, 0.05) is 17.5 Å². The van der Waals surface area contributed by atoms with Gasteiger partial charge in [0.25, 0.3) is 0 Å². The zero-order valence-corrected chi connectivity index (χ0v) is 14.9. The van der Waals surface area contributed by atoms with E-state index in [9.17, 15) is 22.8 Å². The van der Waals surface area contributed by atoms with Gasteiger partial charge in [-0.05, 0) is 43.3 Å². The highest BCUT2D eigenvalue weighted by atomic mass is 35.5. The molecule has 2 aromatic carbocycles. The molecular weight excluding hydrogens is 383 g/mol. The van der Waals surface area contributed by atoms with E-state index in [1.54, 1.807) is 19.1 Å². The molecule has 0 aliphatic heterocycles. The van der Waals surface area contributed by atoms with Crippen LogP contribution in [0.5, 0.6) is 0 Å². The van der Waals surface area contributed by atoms with Crippen molar-refractivity contribution in [3.8, 4) is 0 Å². The van der Waals surface area contributed by atoms with Crippen molar-refractivity contribution in [1.29, 1.82) is 0 Å². The molecule has 142 valence electrons. The lowest BCUT2D eigenvalue weighted by atomic mass is 10.0. The minimum atomic E-state index is -4.45. The minimum absolute atomic E-state index is 0.0479. The van der Waals surface area contributed by atoms with Gasteiger partial charge >= 0.3 is 12.1 Å². The van der Waals surface area contributed by atoms with Crippen LogP contribution < -0.4 is 5.32 Å². The molecule has 0 heterocycles. The summed E-state index contributed by atoms with van der Waals surface area (Å²) < 4.78 is 42.7. The molecule has 0 spiro atoms. The van der Waals surface area contributed by atoms with Crippen LogP contribution in [0.1, 0.15) is 22.8 Å². The summed E-state index contributed by atoms with van der Waals surface area (Å²) in [7, 11) is 0. The van der Waals surface area contributed by atoms with Gasteiger partial charge in [-0.25, -0.2) is 4.79 Å². The van der Waals surface area contributed by atoms with Gasteiger partial charge in [0.2, 0.25) is 5.78 Å². The van der Waals surface area contributed by atoms with E-state index in [4.69, 9.17) is 16.3 Å². The fraction of sp³-hybridized carbons (Fsp3) is 0.158. The van der Waals surface area contributed by atoms with Crippen molar-refractivity contribution in [2.75, 3.05) is 11.9 Å². The number of ether oxygens (including phenoxy) is 1. The van der Waals surface area contributed by atoms with Gasteiger partial charge in [0.15, 0.2) is 0 Å². The SMILES string of the molecule is CCOC(=O)C(=CNc1ccc(C(F)(F)F)cc1)C(=O)c1ccccc1Cl. The molecule has 2 aromatic rings. The molecule has 0 fully saturated rings. The lowest BCUT2D eigenvalue weighted by Gasteiger charge is -2.10. The molecule has 1 N–H and O–H groups in total. The molecule has 0 unspecified atom stereocenters. The molecule has 0 radical (unpaired) electrons. The summed E-state index contributed by atoms with van der Waals surface area (Å²) in [5.74, 6) is -1.54. The third-order valence-electron chi connectivity index (χ3n) is 3.45. The molecule has 0 aliphatic rings. The first-order valence-corrected chi connectivity index (χ1v) is 8.22. The molecule has 0 aliphatic carbocycles. The zero-order chi connectivity index (χ0) is 20.0. The van der Waals surface area contributed by atoms with Crippen LogP contribution >= 0.6 is 11.6 Å². The number of hydrogen-bond donors (Lipinski definition) is 1. The number of anilines is 1. The van der Waals surface area contributed by atoms with Crippen molar-refractivity contribution >= 4 is 29.0 Å². The van der Waals surface area contributed by atoms with Crippen LogP contribution in [0.25, 0.3) is 0 Å². The number of carbonyl (C=O) groups excluding carboxylic acids is 2. The van der Waals surface area contributed by atoms with Crippen molar-refractivity contribution in [1.82, 2.24) is 0 Å². The van der Waals surface area contributed by atoms with Gasteiger partial charge < -0.3 is 10.1 Å². The summed E-state index contributed by atoms with van der Waals surface area (Å²) in [5, 5.41) is 2.80. The maximum Gasteiger partial charge on any atom is 0.416 e. The van der Waals surface area contributed by atoms with E-state index in [0.29, 0.717) is 0 Å². The minimum Gasteiger partial charge on any atom is -0.462 e. The largest absolute Gasteiger partial charge is 0.462 e. The third kappa shape index (κ3) is 5.34. The van der Waals surface area contributed by atoms with Crippen molar-refractivity contribution in [2.24, 2.45) is 0 Å². The van der Waals surface area contributed by atoms with Crippen LogP contribution in [0.4, 0.5) is 18.9 Å². The van der Waals surface area contributed by atoms with E-state index in [-0.39, 0.29) is 28.5 Å². The lowest BCUT2D eigenvalue weighted by Crippen LogP contribution is -2.18. The van der Waals surface area contributed by atoms with Gasteiger partial charge in [0.1, 0.15) is 5.57 Å². The van der Waals surface area contributed by atoms with Crippen molar-refractivity contribution in [3.63, 3.8) is 0 Å². The molecule has 2 rings (SSSR count). The average molecular weight is 398 g/mol. The molecule has 8 heteroatoms. The Morgan fingerprint density at radius 2 is 1.74 bits per heavy atom. The Bertz CT molecular complexity index is 861. The summed E-state index contributed by atoms with van der Waals surface area (Å²) in [5.41, 5.74) is -0.774. The Labute approximate surface area is 158 Å². The van der Waals surface area contributed by atoms with Gasteiger partial charge in [-0.2, -0.15) is 13.2 Å². The van der Waals surface area contributed by atoms with Gasteiger partial charge in [0.05, 0.1) is 17.2 Å². The number of halogens is 4. The van der Waals surface area contributed by atoms with Crippen molar-refractivity contribution in [2.45, 2.75) is 13.1 Å². The predicted molar refractivity (Wildman–Crippen MR) is 95.6 cm³/mol. The first-order valence-electron chi connectivity index (χ1n) is 7.84. The summed E-state index contributed by atoms with van der Waals surface area (Å²) in [6.07, 6.45) is -3.36. The maximum absolute atomic E-state index is 12.6. The molecule has 0 bridgehead atoms. The molecule has 0 atom stereocenters. The number of carbonyl (C=O) groups is 2. The zero-order valence-electron chi connectivity index (χ0n) is 14.1. The molecule has 0 aromatic heterocycles. The Morgan fingerprint density at radius 3 is 2.30 bits per heavy atom. The predicted octanol–water partition coefficient (Wildman–Crippen LogP) is 5.10. The van der Waals surface area contributed by atoms with Crippen LogP contribution in [-0.2, 0) is 15.7 Å². The first kappa shape index (κ1) is 20.5. The Balaban J connectivity index is 2.30. The normalized spacial score (nSPS) is 11.8. The molecule has 4 nitrogen and oxygen atoms in total. The number of alkyl halides is 3. The standard InChI is InChI=1S/C19H15ClF3NO3/c1-2-27-18(26)15(17(25)14-5-3-4-6-16(14)20)11-24-13-9-7-12(8-10-13)19(21,22)23/h3-11,24H,2H2,1H3. The Morgan fingerprint density at radius 1 is 1.11 bits per heavy atom. The summed E-state index contributed by atoms with van der Waals surface area (Å²) in [6.45, 7) is 1.63. The van der Waals surface area contributed by atoms with Crippen LogP contribution in [0, 0.1) is 0 Å². The van der Waals surface area contributed by atoms with E-state index < -0.39 is 23.5 Å². The summed E-state index contributed by atoms with van der Waals surface area (Å²) >= 11 is 6.00. The summed E-state index contributed by atoms with van der Waals surface area (Å²) in [4.78, 5) is 24.8. The van der Waals surface area contributed by atoms with E-state index in [1.165, 1.54) is 24.3 Å². The number of esters is 1. The summed E-state index contributed by atoms with van der Waals surface area (Å²) in [6, 6.07) is 10.3. The topological polar surface area (TPSA) is 55.4 Å². The van der Waals surface area contributed by atoms with E-state index in [1.807, 2.05) is 0 Å². The van der Waals surface area contributed by atoms with Crippen LogP contribution in [0.3, 0.4) is 0 Å². The quantitative estimate of drug-likeness (QED) is 0.242. The second-order valence-electron chi connectivity index (χ2n) is 5.31. The van der Waals surface area contributed by atoms with E-state index in [2.05, 4.69) is 5.32 Å². The Hall–Kier alpha value is -2.80. The van der Waals surface area contributed by atoms with E-state index >= 15 is 0 Å². The van der Waals surface area contributed by atoms with Crippen molar-refractivity contribution in [3.05, 3.63) is 76.5 Å². The second-order valence-corrected chi connectivity index (χ2v) is 5.71. The third-order valence-corrected chi connectivity index (χ3v) is 3.78. The second kappa shape index (κ2) is 8.73. The number of nitrogens with one attached hydrogen (secondary N) is 1. The monoisotopic (exact) mass is 397 g/mol. The number of Topliss-reactive ketones (excluding diaryl/α,β-unsaturated/α-hetero) is 1. The molecule has 0 saturated heterocycles. The van der Waals surface area contributed by atoms with Gasteiger partial charge in [-0.3, -0.25) is 4.79 Å². The van der Waals surface area contributed by atoms with E-state index in [0.717, 1.165) is 18.3 Å². The van der Waals surface area contributed by atoms with Crippen LogP contribution in [-0.4, -0.2) is 18.4 Å². The lowest BCUT2D eigenvalue weighted by molar-refractivity contribution is -0.138. The fourth-order valence-corrected chi connectivity index (χ4v) is 2.35. The number of benzene rings is 2. The average Bonchev–Trinajstić information content (AvgIpc) is 2.62. The number of hydrogen-bond acceptors (Lipinski definition) is 4. The highest BCUT2D eigenvalue weighted by Crippen LogP contribution is 2.30. The highest BCUT2D eigenvalue weighted by molar-refractivity contribution is 6.36. The molecule has 0 saturated carbocycles. The first-order chi connectivity index (χ1) is 12.7. The van der Waals surface area contributed by atoms with Crippen molar-refractivity contribution < 1.29 is 27.5 Å². The molecule has 0 amide bonds. The highest BCUT2D eigenvalue weighted by Gasteiger charge is 2.30. The van der Waals surface area contributed by atoms with Crippen LogP contribution in [0.15, 0.2) is 60.3 Å². The fourth-order valence-electron chi connectivity index (χ4n) is 2.13. The molecular formula is C19H15ClF3NO3. The molecule has 27 heavy (non-hydrogen) atoms. The smallest absolute Gasteiger partial charge is 0.416 e. The van der Waals surface area contributed by atoms with Crippen LogP contribution in [0.2, 0.25) is 5.02 Å². The maximum atomic E-state index is 12.6. The van der Waals surface area contributed by atoms with Gasteiger partial charge in [-0.1, -0.05) is 23.7 Å². The Kier molecular flexibility index (Phi) is 6.63. The van der Waals surface area contributed by atoms with Gasteiger partial charge in [-0.15, -0.1) is 0 Å². The number of rotatable bonds is 6.